The molecule has 0 bridgehead atoms. The van der Waals surface area contributed by atoms with Crippen molar-refractivity contribution in [1.29, 1.82) is 0 Å². The Bertz CT molecular complexity index is 406. The van der Waals surface area contributed by atoms with Crippen LogP contribution in [0.1, 0.15) is 52.0 Å². The number of anilines is 1. The molecule has 0 radical (unpaired) electrons. The van der Waals surface area contributed by atoms with Crippen LogP contribution in [0.4, 0.5) is 5.69 Å². The topological polar surface area (TPSA) is 3.24 Å². The van der Waals surface area contributed by atoms with Crippen molar-refractivity contribution in [3.8, 4) is 0 Å². The van der Waals surface area contributed by atoms with Crippen LogP contribution in [0.2, 0.25) is 0 Å². The van der Waals surface area contributed by atoms with Gasteiger partial charge in [-0.1, -0.05) is 26.8 Å². The highest BCUT2D eigenvalue weighted by molar-refractivity contribution is 14.1. The zero-order valence-corrected chi connectivity index (χ0v) is 14.0. The molecule has 1 nitrogen and oxygen atoms in total. The second-order valence-corrected chi connectivity index (χ2v) is 7.11. The van der Waals surface area contributed by atoms with Crippen LogP contribution in [0, 0.1) is 3.57 Å². The summed E-state index contributed by atoms with van der Waals surface area (Å²) in [4.78, 5) is 2.54. The van der Waals surface area contributed by atoms with Gasteiger partial charge in [-0.15, -0.1) is 0 Å². The molecule has 2 heteroatoms. The van der Waals surface area contributed by atoms with Crippen molar-refractivity contribution in [3.63, 3.8) is 0 Å². The van der Waals surface area contributed by atoms with Gasteiger partial charge in [0.2, 0.25) is 0 Å². The van der Waals surface area contributed by atoms with E-state index < -0.39 is 0 Å². The fourth-order valence-electron chi connectivity index (χ4n) is 2.59. The Kier molecular flexibility index (Phi) is 4.57. The summed E-state index contributed by atoms with van der Waals surface area (Å²) < 4.78 is 1.42. The first-order chi connectivity index (χ1) is 8.54. The lowest BCUT2D eigenvalue weighted by atomic mass is 9.82. The van der Waals surface area contributed by atoms with Gasteiger partial charge in [-0.2, -0.15) is 0 Å². The number of rotatable bonds is 3. The molecule has 1 aromatic carbocycles. The average molecular weight is 357 g/mol. The Morgan fingerprint density at radius 1 is 1.17 bits per heavy atom. The largest absolute Gasteiger partial charge is 0.372 e. The van der Waals surface area contributed by atoms with E-state index in [-0.39, 0.29) is 5.41 Å². The van der Waals surface area contributed by atoms with E-state index in [1.54, 1.807) is 0 Å². The van der Waals surface area contributed by atoms with Gasteiger partial charge in [0.05, 0.1) is 0 Å². The van der Waals surface area contributed by atoms with Crippen molar-refractivity contribution in [2.45, 2.75) is 51.9 Å². The fraction of sp³-hybridized carbons (Fsp3) is 0.625. The van der Waals surface area contributed by atoms with Gasteiger partial charge in [-0.25, -0.2) is 0 Å². The number of benzene rings is 1. The molecule has 0 aromatic heterocycles. The highest BCUT2D eigenvalue weighted by atomic mass is 127. The summed E-state index contributed by atoms with van der Waals surface area (Å²) in [6.07, 6.45) is 5.28. The maximum absolute atomic E-state index is 2.54. The molecule has 0 saturated carbocycles. The van der Waals surface area contributed by atoms with E-state index >= 15 is 0 Å². The molecular formula is C16H24IN. The number of halogens is 1. The molecule has 0 amide bonds. The van der Waals surface area contributed by atoms with Crippen LogP contribution in [-0.2, 0) is 5.41 Å². The van der Waals surface area contributed by atoms with Crippen LogP contribution in [0.3, 0.4) is 0 Å². The Morgan fingerprint density at radius 3 is 2.39 bits per heavy atom. The first-order valence-electron chi connectivity index (χ1n) is 7.09. The Balaban J connectivity index is 2.24. The summed E-state index contributed by atoms with van der Waals surface area (Å²) in [5, 5.41) is 0. The molecule has 2 rings (SSSR count). The molecule has 18 heavy (non-hydrogen) atoms. The van der Waals surface area contributed by atoms with Gasteiger partial charge < -0.3 is 4.90 Å². The minimum Gasteiger partial charge on any atom is -0.372 e. The normalized spacial score (nSPS) is 17.0. The minimum absolute atomic E-state index is 0.289. The highest BCUT2D eigenvalue weighted by Gasteiger charge is 2.21. The van der Waals surface area contributed by atoms with Gasteiger partial charge in [0.15, 0.2) is 0 Å². The van der Waals surface area contributed by atoms with Crippen LogP contribution < -0.4 is 4.90 Å². The third-order valence-electron chi connectivity index (χ3n) is 4.29. The third-order valence-corrected chi connectivity index (χ3v) is 5.18. The van der Waals surface area contributed by atoms with Crippen molar-refractivity contribution in [2.24, 2.45) is 0 Å². The van der Waals surface area contributed by atoms with Gasteiger partial charge in [0.1, 0.15) is 0 Å². The van der Waals surface area contributed by atoms with Gasteiger partial charge in [0.25, 0.3) is 0 Å². The van der Waals surface area contributed by atoms with E-state index in [0.717, 1.165) is 0 Å². The van der Waals surface area contributed by atoms with Crippen LogP contribution in [0.25, 0.3) is 0 Å². The molecule has 0 atom stereocenters. The van der Waals surface area contributed by atoms with Crippen LogP contribution in [-0.4, -0.2) is 13.1 Å². The molecule has 1 aromatic rings. The predicted octanol–water partition coefficient (Wildman–Crippen LogP) is 4.97. The van der Waals surface area contributed by atoms with E-state index in [4.69, 9.17) is 0 Å². The highest BCUT2D eigenvalue weighted by Crippen LogP contribution is 2.33. The SMILES string of the molecule is CCC(C)(C)c1ccc(N2CCCCC2)cc1I. The van der Waals surface area contributed by atoms with Crippen molar-refractivity contribution < 1.29 is 0 Å². The molecule has 1 aliphatic heterocycles. The summed E-state index contributed by atoms with van der Waals surface area (Å²) in [5.41, 5.74) is 3.19. The van der Waals surface area contributed by atoms with E-state index in [1.807, 2.05) is 0 Å². The number of hydrogen-bond donors (Lipinski definition) is 0. The molecule has 1 fully saturated rings. The number of hydrogen-bond acceptors (Lipinski definition) is 1. The molecule has 1 aliphatic rings. The second-order valence-electron chi connectivity index (χ2n) is 5.95. The summed E-state index contributed by atoms with van der Waals surface area (Å²) in [5.74, 6) is 0. The molecular weight excluding hydrogens is 333 g/mol. The molecule has 0 spiro atoms. The molecule has 0 unspecified atom stereocenters. The lowest BCUT2D eigenvalue weighted by Crippen LogP contribution is -2.29. The monoisotopic (exact) mass is 357 g/mol. The van der Waals surface area contributed by atoms with E-state index in [0.29, 0.717) is 0 Å². The number of piperidine rings is 1. The van der Waals surface area contributed by atoms with Crippen molar-refractivity contribution in [1.82, 2.24) is 0 Å². The first-order valence-corrected chi connectivity index (χ1v) is 8.17. The van der Waals surface area contributed by atoms with Crippen molar-refractivity contribution in [2.75, 3.05) is 18.0 Å². The zero-order chi connectivity index (χ0) is 13.2. The first kappa shape index (κ1) is 14.2. The van der Waals surface area contributed by atoms with E-state index in [2.05, 4.69) is 66.5 Å². The van der Waals surface area contributed by atoms with Crippen molar-refractivity contribution >= 4 is 28.3 Å². The summed E-state index contributed by atoms with van der Waals surface area (Å²) in [6, 6.07) is 7.04. The fourth-order valence-corrected chi connectivity index (χ4v) is 3.82. The average Bonchev–Trinajstić information content (AvgIpc) is 2.39. The maximum Gasteiger partial charge on any atom is 0.0377 e. The number of nitrogens with zero attached hydrogens (tertiary/aromatic N) is 1. The minimum atomic E-state index is 0.289. The molecule has 100 valence electrons. The van der Waals surface area contributed by atoms with E-state index in [9.17, 15) is 0 Å². The molecule has 0 aliphatic carbocycles. The van der Waals surface area contributed by atoms with Crippen LogP contribution in [0.5, 0.6) is 0 Å². The Labute approximate surface area is 125 Å². The van der Waals surface area contributed by atoms with Crippen LogP contribution >= 0.6 is 22.6 Å². The lowest BCUT2D eigenvalue weighted by Gasteiger charge is -2.31. The van der Waals surface area contributed by atoms with Gasteiger partial charge in [-0.3, -0.25) is 0 Å². The van der Waals surface area contributed by atoms with E-state index in [1.165, 1.54) is 53.6 Å². The molecule has 0 N–H and O–H groups in total. The standard InChI is InChI=1S/C16H24IN/c1-4-16(2,3)14-9-8-13(12-15(14)17)18-10-6-5-7-11-18/h8-9,12H,4-7,10-11H2,1-3H3. The van der Waals surface area contributed by atoms with Gasteiger partial charge in [0, 0.05) is 22.3 Å². The van der Waals surface area contributed by atoms with Crippen LogP contribution in [0.15, 0.2) is 18.2 Å². The van der Waals surface area contributed by atoms with Crippen molar-refractivity contribution in [3.05, 3.63) is 27.3 Å². The van der Waals surface area contributed by atoms with Gasteiger partial charge in [-0.05, 0) is 71.4 Å². The van der Waals surface area contributed by atoms with Gasteiger partial charge >= 0.3 is 0 Å². The third kappa shape index (κ3) is 3.01. The summed E-state index contributed by atoms with van der Waals surface area (Å²) in [7, 11) is 0. The quantitative estimate of drug-likeness (QED) is 0.691. The summed E-state index contributed by atoms with van der Waals surface area (Å²) in [6.45, 7) is 9.41. The molecule has 1 saturated heterocycles. The Morgan fingerprint density at radius 2 is 1.83 bits per heavy atom. The Hall–Kier alpha value is -0.250. The second kappa shape index (κ2) is 5.81. The maximum atomic E-state index is 2.54. The summed E-state index contributed by atoms with van der Waals surface area (Å²) >= 11 is 2.50. The molecule has 1 heterocycles. The zero-order valence-electron chi connectivity index (χ0n) is 11.8. The lowest BCUT2D eigenvalue weighted by molar-refractivity contribution is 0.503. The predicted molar refractivity (Wildman–Crippen MR) is 88.5 cm³/mol. The smallest absolute Gasteiger partial charge is 0.0377 e.